The molecular formula is C11H18N4O. The quantitative estimate of drug-likeness (QED) is 0.525. The van der Waals surface area contributed by atoms with Gasteiger partial charge in [0.25, 0.3) is 0 Å². The molecule has 0 spiro atoms. The summed E-state index contributed by atoms with van der Waals surface area (Å²) in [6, 6.07) is 5.25. The van der Waals surface area contributed by atoms with Gasteiger partial charge in [-0.2, -0.15) is 0 Å². The maximum absolute atomic E-state index is 10.6. The number of carbonyl (C=O) groups is 1. The Labute approximate surface area is 95.4 Å². The van der Waals surface area contributed by atoms with Gasteiger partial charge in [-0.3, -0.25) is 0 Å². The maximum Gasteiger partial charge on any atom is 0.313 e. The first-order valence-electron chi connectivity index (χ1n) is 5.19. The lowest BCUT2D eigenvalue weighted by atomic mass is 10.1. The molecule has 5 heteroatoms. The molecule has 0 aliphatic rings. The third-order valence-corrected chi connectivity index (χ3v) is 2.44. The fourth-order valence-corrected chi connectivity index (χ4v) is 1.42. The molecule has 5 N–H and O–H groups in total. The number of carbonyl (C=O) groups excluding carboxylic acids is 1. The zero-order valence-corrected chi connectivity index (χ0v) is 9.66. The van der Waals surface area contributed by atoms with Gasteiger partial charge in [0.15, 0.2) is 0 Å². The van der Waals surface area contributed by atoms with E-state index in [4.69, 9.17) is 11.5 Å². The Hall–Kier alpha value is -1.91. The average Bonchev–Trinajstić information content (AvgIpc) is 2.23. The number of hydrogen-bond acceptors (Lipinski definition) is 3. The number of nitrogens with two attached hydrogens (primary N) is 2. The maximum atomic E-state index is 10.6. The molecule has 0 unspecified atom stereocenters. The second kappa shape index (κ2) is 5.25. The Bertz CT molecular complexity index is 378. The molecule has 1 aromatic carbocycles. The molecule has 0 radical (unpaired) electrons. The number of nitrogens with one attached hydrogen (secondary N) is 1. The second-order valence-electron chi connectivity index (χ2n) is 3.60. The van der Waals surface area contributed by atoms with Gasteiger partial charge in [0.2, 0.25) is 0 Å². The van der Waals surface area contributed by atoms with E-state index in [1.807, 2.05) is 36.9 Å². The minimum atomic E-state index is -0.523. The monoisotopic (exact) mass is 222 g/mol. The molecule has 0 bridgehead atoms. The Morgan fingerprint density at radius 2 is 2.19 bits per heavy atom. The number of hydrogen-bond donors (Lipinski definition) is 3. The zero-order chi connectivity index (χ0) is 12.1. The fraction of sp³-hybridized carbons (Fsp3) is 0.364. The van der Waals surface area contributed by atoms with Crippen LogP contribution in [-0.2, 0) is 0 Å². The van der Waals surface area contributed by atoms with E-state index in [2.05, 4.69) is 5.32 Å². The Morgan fingerprint density at radius 1 is 1.50 bits per heavy atom. The molecule has 88 valence electrons. The minimum absolute atomic E-state index is 0.398. The van der Waals surface area contributed by atoms with Gasteiger partial charge in [-0.25, -0.2) is 4.79 Å². The SMILES string of the molecule is CCN(CNC(N)=O)c1ccc(N)c(C)c1. The van der Waals surface area contributed by atoms with Crippen LogP contribution in [0.4, 0.5) is 16.2 Å². The van der Waals surface area contributed by atoms with Crippen molar-refractivity contribution in [2.24, 2.45) is 5.73 Å². The molecule has 0 heterocycles. The van der Waals surface area contributed by atoms with E-state index in [1.54, 1.807) is 0 Å². The van der Waals surface area contributed by atoms with Crippen LogP contribution in [0.25, 0.3) is 0 Å². The number of amides is 2. The summed E-state index contributed by atoms with van der Waals surface area (Å²) in [5, 5.41) is 2.56. The molecule has 0 saturated carbocycles. The minimum Gasteiger partial charge on any atom is -0.399 e. The average molecular weight is 222 g/mol. The highest BCUT2D eigenvalue weighted by Gasteiger charge is 2.05. The van der Waals surface area contributed by atoms with Crippen molar-refractivity contribution in [1.29, 1.82) is 0 Å². The van der Waals surface area contributed by atoms with Gasteiger partial charge >= 0.3 is 6.03 Å². The van der Waals surface area contributed by atoms with Gasteiger partial charge < -0.3 is 21.7 Å². The lowest BCUT2D eigenvalue weighted by Gasteiger charge is -2.23. The van der Waals surface area contributed by atoms with Crippen LogP contribution in [0.15, 0.2) is 18.2 Å². The topological polar surface area (TPSA) is 84.4 Å². The van der Waals surface area contributed by atoms with Crippen molar-refractivity contribution >= 4 is 17.4 Å². The number of aryl methyl sites for hydroxylation is 1. The van der Waals surface area contributed by atoms with Crippen molar-refractivity contribution < 1.29 is 4.79 Å². The van der Waals surface area contributed by atoms with Crippen LogP contribution in [0.2, 0.25) is 0 Å². The van der Waals surface area contributed by atoms with E-state index in [0.29, 0.717) is 6.67 Å². The van der Waals surface area contributed by atoms with E-state index >= 15 is 0 Å². The smallest absolute Gasteiger partial charge is 0.313 e. The lowest BCUT2D eigenvalue weighted by molar-refractivity contribution is 0.249. The van der Waals surface area contributed by atoms with Gasteiger partial charge in [0, 0.05) is 17.9 Å². The number of urea groups is 1. The number of nitrogen functional groups attached to an aromatic ring is 1. The first kappa shape index (κ1) is 12.2. The van der Waals surface area contributed by atoms with Crippen LogP contribution in [0.5, 0.6) is 0 Å². The standard InChI is InChI=1S/C11H18N4O/c1-3-15(7-14-11(13)16)9-4-5-10(12)8(2)6-9/h4-6H,3,7,12H2,1-2H3,(H3,13,14,16). The van der Waals surface area contributed by atoms with Crippen molar-refractivity contribution in [1.82, 2.24) is 5.32 Å². The third-order valence-electron chi connectivity index (χ3n) is 2.44. The molecule has 0 aliphatic carbocycles. The van der Waals surface area contributed by atoms with Crippen LogP contribution in [-0.4, -0.2) is 19.2 Å². The van der Waals surface area contributed by atoms with Crippen LogP contribution >= 0.6 is 0 Å². The second-order valence-corrected chi connectivity index (χ2v) is 3.60. The molecule has 1 aromatic rings. The van der Waals surface area contributed by atoms with Crippen molar-refractivity contribution in [2.75, 3.05) is 23.8 Å². The largest absolute Gasteiger partial charge is 0.399 e. The predicted molar refractivity (Wildman–Crippen MR) is 66.2 cm³/mol. The fourth-order valence-electron chi connectivity index (χ4n) is 1.42. The molecule has 16 heavy (non-hydrogen) atoms. The Kier molecular flexibility index (Phi) is 3.99. The van der Waals surface area contributed by atoms with Crippen molar-refractivity contribution in [3.05, 3.63) is 23.8 Å². The normalized spacial score (nSPS) is 9.88. The van der Waals surface area contributed by atoms with Crippen molar-refractivity contribution in [3.63, 3.8) is 0 Å². The number of rotatable bonds is 4. The van der Waals surface area contributed by atoms with E-state index in [0.717, 1.165) is 23.5 Å². The predicted octanol–water partition coefficient (Wildman–Crippen LogP) is 1.03. The molecular weight excluding hydrogens is 204 g/mol. The summed E-state index contributed by atoms with van der Waals surface area (Å²) in [4.78, 5) is 12.6. The molecule has 0 aliphatic heterocycles. The summed E-state index contributed by atoms with van der Waals surface area (Å²) in [6.07, 6.45) is 0. The van der Waals surface area contributed by atoms with Gasteiger partial charge in [0.1, 0.15) is 0 Å². The number of primary amides is 1. The Balaban J connectivity index is 2.78. The molecule has 2 amide bonds. The summed E-state index contributed by atoms with van der Waals surface area (Å²) in [7, 11) is 0. The zero-order valence-electron chi connectivity index (χ0n) is 9.66. The third kappa shape index (κ3) is 3.05. The van der Waals surface area contributed by atoms with Crippen LogP contribution in [0.3, 0.4) is 0 Å². The number of nitrogens with zero attached hydrogens (tertiary/aromatic N) is 1. The van der Waals surface area contributed by atoms with Gasteiger partial charge in [-0.1, -0.05) is 0 Å². The summed E-state index contributed by atoms with van der Waals surface area (Å²) < 4.78 is 0. The molecule has 5 nitrogen and oxygen atoms in total. The van der Waals surface area contributed by atoms with E-state index in [9.17, 15) is 4.79 Å². The van der Waals surface area contributed by atoms with E-state index in [1.165, 1.54) is 0 Å². The highest BCUT2D eigenvalue weighted by molar-refractivity contribution is 5.72. The highest BCUT2D eigenvalue weighted by Crippen LogP contribution is 2.19. The Morgan fingerprint density at radius 3 is 2.69 bits per heavy atom. The molecule has 0 saturated heterocycles. The van der Waals surface area contributed by atoms with Gasteiger partial charge in [-0.05, 0) is 37.6 Å². The first-order valence-corrected chi connectivity index (χ1v) is 5.19. The number of benzene rings is 1. The molecule has 0 atom stereocenters. The summed E-state index contributed by atoms with van der Waals surface area (Å²) in [6.45, 7) is 5.14. The van der Waals surface area contributed by atoms with Gasteiger partial charge in [-0.15, -0.1) is 0 Å². The van der Waals surface area contributed by atoms with E-state index < -0.39 is 6.03 Å². The van der Waals surface area contributed by atoms with Crippen LogP contribution in [0.1, 0.15) is 12.5 Å². The van der Waals surface area contributed by atoms with Crippen LogP contribution in [0, 0.1) is 6.92 Å². The summed E-state index contributed by atoms with van der Waals surface area (Å²) >= 11 is 0. The lowest BCUT2D eigenvalue weighted by Crippen LogP contribution is -2.40. The molecule has 0 aromatic heterocycles. The molecule has 0 fully saturated rings. The van der Waals surface area contributed by atoms with Gasteiger partial charge in [0.05, 0.1) is 6.67 Å². The summed E-state index contributed by atoms with van der Waals surface area (Å²) in [5.41, 5.74) is 13.6. The van der Waals surface area contributed by atoms with Crippen LogP contribution < -0.4 is 21.7 Å². The summed E-state index contributed by atoms with van der Waals surface area (Å²) in [5.74, 6) is 0. The van der Waals surface area contributed by atoms with Crippen molar-refractivity contribution in [2.45, 2.75) is 13.8 Å². The van der Waals surface area contributed by atoms with Crippen molar-refractivity contribution in [3.8, 4) is 0 Å². The number of anilines is 2. The molecule has 1 rings (SSSR count). The van der Waals surface area contributed by atoms with E-state index in [-0.39, 0.29) is 0 Å². The highest BCUT2D eigenvalue weighted by atomic mass is 16.2. The first-order chi connectivity index (χ1) is 7.54.